The van der Waals surface area contributed by atoms with Crippen molar-refractivity contribution in [3.05, 3.63) is 0 Å². The molecule has 0 spiro atoms. The Bertz CT molecular complexity index is 303. The number of phosphoric acid groups is 1. The highest BCUT2D eigenvalue weighted by Gasteiger charge is 2.44. The van der Waals surface area contributed by atoms with E-state index in [1.54, 1.807) is 0 Å². The van der Waals surface area contributed by atoms with Crippen LogP contribution >= 0.6 is 7.82 Å². The van der Waals surface area contributed by atoms with Crippen LogP contribution in [-0.2, 0) is 18.3 Å². The molecule has 9 heteroatoms. The predicted octanol–water partition coefficient (Wildman–Crippen LogP) is 0.336. The van der Waals surface area contributed by atoms with Crippen LogP contribution in [0.25, 0.3) is 0 Å². The van der Waals surface area contributed by atoms with E-state index in [1.165, 1.54) is 0 Å². The highest BCUT2D eigenvalue weighted by atomic mass is 31.2. The smallest absolute Gasteiger partial charge is 0.387 e. The number of alkyl halides is 1. The maximum absolute atomic E-state index is 13.0. The van der Waals surface area contributed by atoms with Crippen molar-refractivity contribution >= 4 is 7.82 Å². The van der Waals surface area contributed by atoms with Gasteiger partial charge in [0.05, 0.1) is 13.2 Å². The van der Waals surface area contributed by atoms with Crippen molar-refractivity contribution in [3.63, 3.8) is 0 Å². The van der Waals surface area contributed by atoms with E-state index in [0.29, 0.717) is 6.42 Å². The van der Waals surface area contributed by atoms with Crippen molar-refractivity contribution in [2.24, 2.45) is 0 Å². The Morgan fingerprint density at radius 2 is 2.06 bits per heavy atom. The number of phosphoric ester groups is 1. The average Bonchev–Trinajstić information content (AvgIpc) is 2.55. The van der Waals surface area contributed by atoms with E-state index in [-0.39, 0.29) is 6.61 Å². The number of aliphatic hydroxyl groups is 2. The number of halogens is 1. The van der Waals surface area contributed by atoms with Crippen LogP contribution in [-0.4, -0.2) is 53.0 Å². The van der Waals surface area contributed by atoms with Gasteiger partial charge >= 0.3 is 7.82 Å². The van der Waals surface area contributed by atoms with Crippen molar-refractivity contribution in [1.29, 1.82) is 0 Å². The van der Waals surface area contributed by atoms with Gasteiger partial charge in [-0.3, -0.25) is 9.05 Å². The third-order valence-corrected chi connectivity index (χ3v) is 3.43. The maximum atomic E-state index is 13.0. The second-order valence-corrected chi connectivity index (χ2v) is 5.40. The first-order valence-electron chi connectivity index (χ1n) is 5.65. The van der Waals surface area contributed by atoms with E-state index in [2.05, 4.69) is 13.8 Å². The Balaban J connectivity index is 2.34. The minimum Gasteiger partial charge on any atom is -0.387 e. The SMILES string of the molecule is CCCCOP(=O)(O)OC[C@H]1O[C@H](O)[C@@H](F)[C@@H]1O. The molecule has 1 aliphatic rings. The minimum absolute atomic E-state index is 0.0622. The van der Waals surface area contributed by atoms with Gasteiger partial charge in [-0.25, -0.2) is 8.96 Å². The molecule has 1 rings (SSSR count). The summed E-state index contributed by atoms with van der Waals surface area (Å²) in [7, 11) is -4.24. The second kappa shape index (κ2) is 6.91. The van der Waals surface area contributed by atoms with Crippen LogP contribution in [0.15, 0.2) is 0 Å². The largest absolute Gasteiger partial charge is 0.472 e. The van der Waals surface area contributed by atoms with Crippen molar-refractivity contribution in [1.82, 2.24) is 0 Å². The molecule has 0 aliphatic carbocycles. The van der Waals surface area contributed by atoms with Crippen LogP contribution in [0.4, 0.5) is 4.39 Å². The van der Waals surface area contributed by atoms with Crippen LogP contribution in [0, 0.1) is 0 Å². The molecule has 0 amide bonds. The summed E-state index contributed by atoms with van der Waals surface area (Å²) >= 11 is 0. The molecule has 3 N–H and O–H groups in total. The summed E-state index contributed by atoms with van der Waals surface area (Å²) in [5.41, 5.74) is 0. The Kier molecular flexibility index (Phi) is 6.13. The molecule has 0 aromatic carbocycles. The lowest BCUT2D eigenvalue weighted by Crippen LogP contribution is -2.31. The molecule has 0 radical (unpaired) electrons. The summed E-state index contributed by atoms with van der Waals surface area (Å²) in [6, 6.07) is 0. The zero-order valence-electron chi connectivity index (χ0n) is 9.94. The first-order chi connectivity index (χ1) is 8.37. The zero-order chi connectivity index (χ0) is 13.8. The van der Waals surface area contributed by atoms with Crippen LogP contribution in [0.3, 0.4) is 0 Å². The third kappa shape index (κ3) is 4.55. The van der Waals surface area contributed by atoms with Gasteiger partial charge in [0.2, 0.25) is 0 Å². The fourth-order valence-electron chi connectivity index (χ4n) is 1.38. The van der Waals surface area contributed by atoms with E-state index < -0.39 is 39.1 Å². The second-order valence-electron chi connectivity index (χ2n) is 3.95. The number of ether oxygens (including phenoxy) is 1. The van der Waals surface area contributed by atoms with Crippen molar-refractivity contribution < 1.29 is 37.8 Å². The molecule has 18 heavy (non-hydrogen) atoms. The molecule has 1 unspecified atom stereocenters. The molecule has 1 aliphatic heterocycles. The van der Waals surface area contributed by atoms with Gasteiger partial charge in [0.25, 0.3) is 0 Å². The fourth-order valence-corrected chi connectivity index (χ4v) is 2.15. The molecule has 0 saturated carbocycles. The molecule has 7 nitrogen and oxygen atoms in total. The third-order valence-electron chi connectivity index (χ3n) is 2.45. The van der Waals surface area contributed by atoms with E-state index in [0.717, 1.165) is 6.42 Å². The van der Waals surface area contributed by atoms with Crippen molar-refractivity contribution in [2.45, 2.75) is 44.4 Å². The molecular formula is C9H18FO7P. The average molecular weight is 288 g/mol. The first-order valence-corrected chi connectivity index (χ1v) is 7.14. The fraction of sp³-hybridized carbons (Fsp3) is 1.00. The summed E-state index contributed by atoms with van der Waals surface area (Å²) in [6.07, 6.45) is -5.13. The predicted molar refractivity (Wildman–Crippen MR) is 58.4 cm³/mol. The quantitative estimate of drug-likeness (QED) is 0.458. The number of aliphatic hydroxyl groups excluding tert-OH is 2. The van der Waals surface area contributed by atoms with Gasteiger partial charge in [-0.1, -0.05) is 13.3 Å². The lowest BCUT2D eigenvalue weighted by molar-refractivity contribution is -0.120. The van der Waals surface area contributed by atoms with E-state index in [1.807, 2.05) is 6.92 Å². The molecule has 0 aromatic heterocycles. The maximum Gasteiger partial charge on any atom is 0.472 e. The Morgan fingerprint density at radius 3 is 2.56 bits per heavy atom. The summed E-state index contributed by atoms with van der Waals surface area (Å²) in [5.74, 6) is 0. The Hall–Kier alpha value is -0.0800. The van der Waals surface area contributed by atoms with Crippen LogP contribution in [0.2, 0.25) is 0 Å². The molecule has 0 aromatic rings. The lowest BCUT2D eigenvalue weighted by Gasteiger charge is -2.16. The molecular weight excluding hydrogens is 270 g/mol. The van der Waals surface area contributed by atoms with Crippen LogP contribution < -0.4 is 0 Å². The molecule has 1 saturated heterocycles. The van der Waals surface area contributed by atoms with Gasteiger partial charge < -0.3 is 19.8 Å². The van der Waals surface area contributed by atoms with Crippen molar-refractivity contribution in [3.8, 4) is 0 Å². The first kappa shape index (κ1) is 16.0. The standard InChI is InChI=1S/C9H18FO7P/c1-2-3-4-15-18(13,14)16-5-6-8(11)7(10)9(12)17-6/h6-9,11-12H,2-5H2,1H3,(H,13,14)/t6-,7+,8-,9+/m1/s1. The van der Waals surface area contributed by atoms with Gasteiger partial charge in [0.15, 0.2) is 12.5 Å². The van der Waals surface area contributed by atoms with Gasteiger partial charge in [0, 0.05) is 0 Å². The minimum atomic E-state index is -4.24. The van der Waals surface area contributed by atoms with Crippen LogP contribution in [0.5, 0.6) is 0 Å². The molecule has 1 heterocycles. The molecule has 5 atom stereocenters. The lowest BCUT2D eigenvalue weighted by atomic mass is 10.2. The molecule has 1 fully saturated rings. The van der Waals surface area contributed by atoms with Crippen molar-refractivity contribution in [2.75, 3.05) is 13.2 Å². The van der Waals surface area contributed by atoms with E-state index in [4.69, 9.17) is 5.11 Å². The Morgan fingerprint density at radius 1 is 1.39 bits per heavy atom. The summed E-state index contributed by atoms with van der Waals surface area (Å²) in [6.45, 7) is 1.41. The number of unbranched alkanes of at least 4 members (excludes halogenated alkanes) is 1. The van der Waals surface area contributed by atoms with E-state index >= 15 is 0 Å². The highest BCUT2D eigenvalue weighted by molar-refractivity contribution is 7.47. The molecule has 0 bridgehead atoms. The van der Waals surface area contributed by atoms with Gasteiger partial charge in [-0.15, -0.1) is 0 Å². The van der Waals surface area contributed by atoms with Gasteiger partial charge in [0.1, 0.15) is 12.2 Å². The zero-order valence-corrected chi connectivity index (χ0v) is 10.8. The highest BCUT2D eigenvalue weighted by Crippen LogP contribution is 2.44. The van der Waals surface area contributed by atoms with Gasteiger partial charge in [-0.2, -0.15) is 0 Å². The topological polar surface area (TPSA) is 105 Å². The monoisotopic (exact) mass is 288 g/mol. The van der Waals surface area contributed by atoms with E-state index in [9.17, 15) is 19.0 Å². The van der Waals surface area contributed by atoms with Crippen LogP contribution in [0.1, 0.15) is 19.8 Å². The summed E-state index contributed by atoms with van der Waals surface area (Å²) in [4.78, 5) is 9.24. The Labute approximate surface area is 104 Å². The summed E-state index contributed by atoms with van der Waals surface area (Å²) in [5, 5.41) is 18.3. The number of rotatable bonds is 7. The number of hydrogen-bond acceptors (Lipinski definition) is 6. The number of hydrogen-bond donors (Lipinski definition) is 3. The normalized spacial score (nSPS) is 35.6. The summed E-state index contributed by atoms with van der Waals surface area (Å²) < 4.78 is 38.1. The van der Waals surface area contributed by atoms with Gasteiger partial charge in [-0.05, 0) is 6.42 Å². The molecule has 108 valence electrons.